The van der Waals surface area contributed by atoms with Crippen LogP contribution in [0.3, 0.4) is 0 Å². The number of halogens is 1. The molecule has 2 rings (SSSR count). The van der Waals surface area contributed by atoms with E-state index < -0.39 is 0 Å². The molecular weight excluding hydrogens is 259 g/mol. The Kier molecular flexibility index (Phi) is 4.40. The number of carbonyl (C=O) groups is 1. The van der Waals surface area contributed by atoms with E-state index >= 15 is 0 Å². The predicted molar refractivity (Wildman–Crippen MR) is 74.4 cm³/mol. The molecule has 0 aliphatic carbocycles. The minimum Gasteiger partial charge on any atom is -0.492 e. The number of hydrogen-bond acceptors (Lipinski definition) is 2. The summed E-state index contributed by atoms with van der Waals surface area (Å²) in [4.78, 5) is 11.9. The summed E-state index contributed by atoms with van der Waals surface area (Å²) in [6.07, 6.45) is 0. The van der Waals surface area contributed by atoms with E-state index in [9.17, 15) is 9.18 Å². The van der Waals surface area contributed by atoms with Gasteiger partial charge in [-0.1, -0.05) is 0 Å². The Bertz CT molecular complexity index is 590. The van der Waals surface area contributed by atoms with E-state index in [0.717, 1.165) is 5.69 Å². The summed E-state index contributed by atoms with van der Waals surface area (Å²) >= 11 is 0. The molecule has 0 saturated carbocycles. The van der Waals surface area contributed by atoms with Crippen molar-refractivity contribution >= 4 is 5.91 Å². The van der Waals surface area contributed by atoms with Gasteiger partial charge in [-0.25, -0.2) is 4.39 Å². The summed E-state index contributed by atoms with van der Waals surface area (Å²) in [5.41, 5.74) is 1.64. The maximum Gasteiger partial charge on any atom is 0.268 e. The molecule has 0 aliphatic rings. The van der Waals surface area contributed by atoms with Crippen LogP contribution in [0, 0.1) is 12.7 Å². The lowest BCUT2D eigenvalue weighted by Gasteiger charge is -2.08. The number of nitrogens with zero attached hydrogens (tertiary/aromatic N) is 1. The summed E-state index contributed by atoms with van der Waals surface area (Å²) < 4.78 is 19.9. The fourth-order valence-electron chi connectivity index (χ4n) is 1.80. The Morgan fingerprint density at radius 2 is 1.95 bits per heavy atom. The van der Waals surface area contributed by atoms with E-state index in [-0.39, 0.29) is 11.7 Å². The van der Waals surface area contributed by atoms with Gasteiger partial charge in [0.2, 0.25) is 0 Å². The van der Waals surface area contributed by atoms with Crippen LogP contribution in [-0.4, -0.2) is 23.6 Å². The average molecular weight is 276 g/mol. The minimum atomic E-state index is -0.301. The van der Waals surface area contributed by atoms with Crippen LogP contribution in [0.2, 0.25) is 0 Å². The normalized spacial score (nSPS) is 10.3. The molecule has 5 heteroatoms. The van der Waals surface area contributed by atoms with Crippen LogP contribution in [0.1, 0.15) is 16.2 Å². The van der Waals surface area contributed by atoms with Crippen LogP contribution in [0.5, 0.6) is 5.75 Å². The van der Waals surface area contributed by atoms with Gasteiger partial charge in [-0.2, -0.15) is 0 Å². The summed E-state index contributed by atoms with van der Waals surface area (Å²) in [7, 11) is 1.85. The molecular formula is C15H17FN2O2. The third-order valence-corrected chi connectivity index (χ3v) is 3.08. The summed E-state index contributed by atoms with van der Waals surface area (Å²) in [6, 6.07) is 9.45. The molecule has 1 aromatic carbocycles. The van der Waals surface area contributed by atoms with Gasteiger partial charge in [-0.15, -0.1) is 0 Å². The fraction of sp³-hybridized carbons (Fsp3) is 0.267. The van der Waals surface area contributed by atoms with Crippen molar-refractivity contribution in [1.82, 2.24) is 9.88 Å². The number of aryl methyl sites for hydroxylation is 1. The lowest BCUT2D eigenvalue weighted by Crippen LogP contribution is -2.29. The first kappa shape index (κ1) is 14.1. The van der Waals surface area contributed by atoms with Gasteiger partial charge >= 0.3 is 0 Å². The number of benzene rings is 1. The predicted octanol–water partition coefficient (Wildman–Crippen LogP) is 2.28. The Balaban J connectivity index is 1.77. The molecule has 2 aromatic rings. The number of amides is 1. The molecule has 1 heterocycles. The standard InChI is InChI=1S/C15H17FN2O2/c1-11-3-8-14(18(11)2)15(19)17-9-10-20-13-6-4-12(16)5-7-13/h3-8H,9-10H2,1-2H3,(H,17,19). The quantitative estimate of drug-likeness (QED) is 0.851. The summed E-state index contributed by atoms with van der Waals surface area (Å²) in [5.74, 6) is 0.142. The minimum absolute atomic E-state index is 0.136. The van der Waals surface area contributed by atoms with Crippen molar-refractivity contribution in [3.8, 4) is 5.75 Å². The molecule has 0 atom stereocenters. The number of nitrogens with one attached hydrogen (secondary N) is 1. The van der Waals surface area contributed by atoms with Crippen molar-refractivity contribution in [2.24, 2.45) is 7.05 Å². The largest absolute Gasteiger partial charge is 0.492 e. The van der Waals surface area contributed by atoms with Crippen LogP contribution < -0.4 is 10.1 Å². The molecule has 1 amide bonds. The molecule has 0 unspecified atom stereocenters. The van der Waals surface area contributed by atoms with Gasteiger partial charge in [0, 0.05) is 12.7 Å². The van der Waals surface area contributed by atoms with Gasteiger partial charge in [0.05, 0.1) is 6.54 Å². The first-order valence-electron chi connectivity index (χ1n) is 6.37. The zero-order valence-electron chi connectivity index (χ0n) is 11.5. The van der Waals surface area contributed by atoms with Gasteiger partial charge in [0.15, 0.2) is 0 Å². The first-order valence-corrected chi connectivity index (χ1v) is 6.37. The molecule has 0 spiro atoms. The van der Waals surface area contributed by atoms with Gasteiger partial charge in [0.25, 0.3) is 5.91 Å². The van der Waals surface area contributed by atoms with Gasteiger partial charge < -0.3 is 14.6 Å². The highest BCUT2D eigenvalue weighted by Crippen LogP contribution is 2.10. The van der Waals surface area contributed by atoms with Crippen LogP contribution in [-0.2, 0) is 7.05 Å². The molecule has 0 aliphatic heterocycles. The third-order valence-electron chi connectivity index (χ3n) is 3.08. The molecule has 0 fully saturated rings. The zero-order chi connectivity index (χ0) is 14.5. The molecule has 0 bridgehead atoms. The van der Waals surface area contributed by atoms with Crippen LogP contribution in [0.25, 0.3) is 0 Å². The second-order valence-electron chi connectivity index (χ2n) is 4.48. The lowest BCUT2D eigenvalue weighted by molar-refractivity contribution is 0.0938. The van der Waals surface area contributed by atoms with E-state index in [1.165, 1.54) is 12.1 Å². The second-order valence-corrected chi connectivity index (χ2v) is 4.48. The van der Waals surface area contributed by atoms with E-state index in [4.69, 9.17) is 4.74 Å². The van der Waals surface area contributed by atoms with E-state index in [1.54, 1.807) is 18.2 Å². The van der Waals surface area contributed by atoms with Crippen molar-refractivity contribution in [1.29, 1.82) is 0 Å². The Morgan fingerprint density at radius 1 is 1.25 bits per heavy atom. The first-order chi connectivity index (χ1) is 9.58. The Hall–Kier alpha value is -2.30. The number of hydrogen-bond donors (Lipinski definition) is 1. The van der Waals surface area contributed by atoms with Gasteiger partial charge in [0.1, 0.15) is 23.9 Å². The van der Waals surface area contributed by atoms with E-state index in [2.05, 4.69) is 5.32 Å². The maximum atomic E-state index is 12.7. The Labute approximate surface area is 117 Å². The average Bonchev–Trinajstić information content (AvgIpc) is 2.77. The smallest absolute Gasteiger partial charge is 0.268 e. The molecule has 0 radical (unpaired) electrons. The lowest BCUT2D eigenvalue weighted by atomic mass is 10.3. The highest BCUT2D eigenvalue weighted by molar-refractivity contribution is 5.92. The fourth-order valence-corrected chi connectivity index (χ4v) is 1.80. The maximum absolute atomic E-state index is 12.7. The molecule has 20 heavy (non-hydrogen) atoms. The van der Waals surface area contributed by atoms with Gasteiger partial charge in [-0.05, 0) is 43.3 Å². The van der Waals surface area contributed by atoms with Crippen molar-refractivity contribution < 1.29 is 13.9 Å². The molecule has 106 valence electrons. The number of aromatic nitrogens is 1. The Morgan fingerprint density at radius 3 is 2.55 bits per heavy atom. The van der Waals surface area contributed by atoms with Crippen molar-refractivity contribution in [2.45, 2.75) is 6.92 Å². The van der Waals surface area contributed by atoms with Crippen LogP contribution in [0.15, 0.2) is 36.4 Å². The second kappa shape index (κ2) is 6.23. The molecule has 1 aromatic heterocycles. The van der Waals surface area contributed by atoms with Crippen LogP contribution >= 0.6 is 0 Å². The SMILES string of the molecule is Cc1ccc(C(=O)NCCOc2ccc(F)cc2)n1C. The van der Waals surface area contributed by atoms with E-state index in [0.29, 0.717) is 24.6 Å². The van der Waals surface area contributed by atoms with Crippen molar-refractivity contribution in [3.05, 3.63) is 53.6 Å². The monoisotopic (exact) mass is 276 g/mol. The number of rotatable bonds is 5. The third kappa shape index (κ3) is 3.38. The summed E-state index contributed by atoms with van der Waals surface area (Å²) in [6.45, 7) is 2.66. The summed E-state index contributed by atoms with van der Waals surface area (Å²) in [5, 5.41) is 2.78. The topological polar surface area (TPSA) is 43.3 Å². The highest BCUT2D eigenvalue weighted by Gasteiger charge is 2.09. The highest BCUT2D eigenvalue weighted by atomic mass is 19.1. The molecule has 0 saturated heterocycles. The van der Waals surface area contributed by atoms with Gasteiger partial charge in [-0.3, -0.25) is 4.79 Å². The van der Waals surface area contributed by atoms with E-state index in [1.807, 2.05) is 24.6 Å². The van der Waals surface area contributed by atoms with Crippen LogP contribution in [0.4, 0.5) is 4.39 Å². The molecule has 1 N–H and O–H groups in total. The van der Waals surface area contributed by atoms with Crippen molar-refractivity contribution in [3.63, 3.8) is 0 Å². The number of ether oxygens (including phenoxy) is 1. The number of carbonyl (C=O) groups excluding carboxylic acids is 1. The van der Waals surface area contributed by atoms with Crippen molar-refractivity contribution in [2.75, 3.05) is 13.2 Å². The molecule has 4 nitrogen and oxygen atoms in total. The zero-order valence-corrected chi connectivity index (χ0v) is 11.5.